The molecule has 0 saturated carbocycles. The Morgan fingerprint density at radius 2 is 1.60 bits per heavy atom. The molecule has 2 rings (SSSR count). The van der Waals surface area contributed by atoms with Crippen molar-refractivity contribution in [3.8, 4) is 11.5 Å². The molecule has 0 bridgehead atoms. The summed E-state index contributed by atoms with van der Waals surface area (Å²) in [7, 11) is 0. The van der Waals surface area contributed by atoms with Crippen LogP contribution in [0.2, 0.25) is 0 Å². The molecule has 25 heavy (non-hydrogen) atoms. The topological polar surface area (TPSA) is 66.8 Å². The lowest BCUT2D eigenvalue weighted by atomic mass is 9.85. The van der Waals surface area contributed by atoms with Crippen LogP contribution < -0.4 is 4.74 Å². The monoisotopic (exact) mass is 342 g/mol. The maximum Gasteiger partial charge on any atom is 0.307 e. The van der Waals surface area contributed by atoms with Gasteiger partial charge in [0.25, 0.3) is 0 Å². The standard InChI is InChI=1S/C21H26O4/c1-3-13-21(24,14-4-2)18-7-5-6-8-19(18)25-17-11-9-16(10-12-17)15-20(22)23/h5-12,24H,3-4,13-15H2,1-2H3,(H,22,23). The molecule has 0 aliphatic heterocycles. The molecule has 0 unspecified atom stereocenters. The Morgan fingerprint density at radius 1 is 1.00 bits per heavy atom. The molecule has 0 saturated heterocycles. The van der Waals surface area contributed by atoms with Crippen molar-refractivity contribution in [1.82, 2.24) is 0 Å². The van der Waals surface area contributed by atoms with E-state index in [1.54, 1.807) is 24.3 Å². The van der Waals surface area contributed by atoms with Gasteiger partial charge in [0.2, 0.25) is 0 Å². The van der Waals surface area contributed by atoms with Gasteiger partial charge in [-0.15, -0.1) is 0 Å². The summed E-state index contributed by atoms with van der Waals surface area (Å²) in [6.45, 7) is 4.12. The fourth-order valence-electron chi connectivity index (χ4n) is 3.14. The first-order valence-corrected chi connectivity index (χ1v) is 8.79. The minimum Gasteiger partial charge on any atom is -0.481 e. The van der Waals surface area contributed by atoms with Crippen molar-refractivity contribution in [2.24, 2.45) is 0 Å². The molecule has 2 N–H and O–H groups in total. The van der Waals surface area contributed by atoms with E-state index < -0.39 is 11.6 Å². The van der Waals surface area contributed by atoms with Gasteiger partial charge in [-0.1, -0.05) is 57.0 Å². The summed E-state index contributed by atoms with van der Waals surface area (Å²) >= 11 is 0. The SMILES string of the molecule is CCCC(O)(CCC)c1ccccc1Oc1ccc(CC(=O)O)cc1. The Labute approximate surface area is 149 Å². The predicted molar refractivity (Wildman–Crippen MR) is 98.0 cm³/mol. The van der Waals surface area contributed by atoms with E-state index in [-0.39, 0.29) is 6.42 Å². The highest BCUT2D eigenvalue weighted by Gasteiger charge is 2.30. The third kappa shape index (κ3) is 5.07. The van der Waals surface area contributed by atoms with Gasteiger partial charge in [0, 0.05) is 5.56 Å². The van der Waals surface area contributed by atoms with Crippen LogP contribution in [0.25, 0.3) is 0 Å². The molecule has 0 radical (unpaired) electrons. The average molecular weight is 342 g/mol. The van der Waals surface area contributed by atoms with Crippen LogP contribution in [0.4, 0.5) is 0 Å². The number of carboxylic acid groups (broad SMARTS) is 1. The van der Waals surface area contributed by atoms with E-state index in [0.29, 0.717) is 24.3 Å². The highest BCUT2D eigenvalue weighted by atomic mass is 16.5. The van der Waals surface area contributed by atoms with Crippen molar-refractivity contribution in [2.45, 2.75) is 51.6 Å². The Bertz CT molecular complexity index is 685. The molecule has 0 fully saturated rings. The molecule has 2 aromatic carbocycles. The zero-order valence-corrected chi connectivity index (χ0v) is 14.9. The second-order valence-electron chi connectivity index (χ2n) is 6.34. The van der Waals surface area contributed by atoms with E-state index in [9.17, 15) is 9.90 Å². The summed E-state index contributed by atoms with van der Waals surface area (Å²) in [5.41, 5.74) is 0.624. The van der Waals surface area contributed by atoms with Crippen molar-refractivity contribution >= 4 is 5.97 Å². The molecule has 0 spiro atoms. The number of hydrogen-bond acceptors (Lipinski definition) is 3. The number of carbonyl (C=O) groups is 1. The van der Waals surface area contributed by atoms with Crippen LogP contribution >= 0.6 is 0 Å². The number of rotatable bonds is 9. The van der Waals surface area contributed by atoms with E-state index >= 15 is 0 Å². The van der Waals surface area contributed by atoms with Gasteiger partial charge in [0.05, 0.1) is 12.0 Å². The highest BCUT2D eigenvalue weighted by molar-refractivity contribution is 5.70. The van der Waals surface area contributed by atoms with Crippen LogP contribution in [0.15, 0.2) is 48.5 Å². The summed E-state index contributed by atoms with van der Waals surface area (Å²) < 4.78 is 6.00. The van der Waals surface area contributed by atoms with E-state index in [0.717, 1.165) is 24.0 Å². The maximum atomic E-state index is 11.1. The number of aliphatic hydroxyl groups is 1. The number of ether oxygens (including phenoxy) is 1. The first-order valence-electron chi connectivity index (χ1n) is 8.79. The lowest BCUT2D eigenvalue weighted by molar-refractivity contribution is -0.136. The molecule has 4 heteroatoms. The molecule has 0 heterocycles. The van der Waals surface area contributed by atoms with E-state index in [1.165, 1.54) is 0 Å². The third-order valence-corrected chi connectivity index (χ3v) is 4.22. The second kappa shape index (κ2) is 8.67. The van der Waals surface area contributed by atoms with Crippen LogP contribution in [-0.4, -0.2) is 16.2 Å². The molecule has 0 aromatic heterocycles. The molecule has 134 valence electrons. The summed E-state index contributed by atoms with van der Waals surface area (Å²) in [6, 6.07) is 14.6. The Morgan fingerprint density at radius 3 is 2.16 bits per heavy atom. The van der Waals surface area contributed by atoms with Gasteiger partial charge in [-0.05, 0) is 36.6 Å². The normalized spacial score (nSPS) is 11.3. The molecule has 0 amide bonds. The molecule has 2 aromatic rings. The average Bonchev–Trinajstić information content (AvgIpc) is 2.57. The lowest BCUT2D eigenvalue weighted by Gasteiger charge is -2.30. The molecular weight excluding hydrogens is 316 g/mol. The smallest absolute Gasteiger partial charge is 0.307 e. The second-order valence-corrected chi connectivity index (χ2v) is 6.34. The van der Waals surface area contributed by atoms with Crippen LogP contribution in [0.5, 0.6) is 11.5 Å². The van der Waals surface area contributed by atoms with Crippen LogP contribution in [0.3, 0.4) is 0 Å². The Hall–Kier alpha value is -2.33. The van der Waals surface area contributed by atoms with Crippen LogP contribution in [-0.2, 0) is 16.8 Å². The molecule has 0 atom stereocenters. The Balaban J connectivity index is 2.27. The fourth-order valence-corrected chi connectivity index (χ4v) is 3.14. The molecular formula is C21H26O4. The zero-order chi connectivity index (χ0) is 18.3. The van der Waals surface area contributed by atoms with E-state index in [1.807, 2.05) is 24.3 Å². The molecule has 0 aliphatic carbocycles. The van der Waals surface area contributed by atoms with Crippen LogP contribution in [0, 0.1) is 0 Å². The minimum absolute atomic E-state index is 0.0103. The van der Waals surface area contributed by atoms with E-state index in [4.69, 9.17) is 9.84 Å². The van der Waals surface area contributed by atoms with Crippen molar-refractivity contribution in [1.29, 1.82) is 0 Å². The quantitative estimate of drug-likeness (QED) is 0.680. The minimum atomic E-state index is -0.899. The van der Waals surface area contributed by atoms with Gasteiger partial charge >= 0.3 is 5.97 Å². The zero-order valence-electron chi connectivity index (χ0n) is 14.9. The number of hydrogen-bond donors (Lipinski definition) is 2. The number of benzene rings is 2. The van der Waals surface area contributed by atoms with Gasteiger partial charge in [-0.25, -0.2) is 0 Å². The Kier molecular flexibility index (Phi) is 6.59. The maximum absolute atomic E-state index is 11.1. The molecule has 0 aliphatic rings. The number of aliphatic carboxylic acids is 1. The van der Waals surface area contributed by atoms with Crippen molar-refractivity contribution in [2.75, 3.05) is 0 Å². The summed E-state index contributed by atoms with van der Waals surface area (Å²) in [6.07, 6.45) is 3.12. The molecule has 4 nitrogen and oxygen atoms in total. The summed E-state index contributed by atoms with van der Waals surface area (Å²) in [4.78, 5) is 10.8. The number of carboxylic acids is 1. The first kappa shape index (κ1) is 19.0. The fraction of sp³-hybridized carbons (Fsp3) is 0.381. The summed E-state index contributed by atoms with van der Waals surface area (Å²) in [5.74, 6) is 0.401. The predicted octanol–water partition coefficient (Wildman–Crippen LogP) is 4.89. The largest absolute Gasteiger partial charge is 0.481 e. The van der Waals surface area contributed by atoms with Crippen LogP contribution in [0.1, 0.15) is 50.7 Å². The van der Waals surface area contributed by atoms with Gasteiger partial charge in [0.15, 0.2) is 0 Å². The van der Waals surface area contributed by atoms with Crippen molar-refractivity contribution in [3.05, 3.63) is 59.7 Å². The summed E-state index contributed by atoms with van der Waals surface area (Å²) in [5, 5.41) is 20.0. The van der Waals surface area contributed by atoms with Gasteiger partial charge in [-0.2, -0.15) is 0 Å². The van der Waals surface area contributed by atoms with Gasteiger partial charge in [-0.3, -0.25) is 4.79 Å². The van der Waals surface area contributed by atoms with Crippen molar-refractivity contribution in [3.63, 3.8) is 0 Å². The highest BCUT2D eigenvalue weighted by Crippen LogP contribution is 2.38. The first-order chi connectivity index (χ1) is 12.0. The van der Waals surface area contributed by atoms with Gasteiger partial charge < -0.3 is 14.9 Å². The lowest BCUT2D eigenvalue weighted by Crippen LogP contribution is -2.25. The number of para-hydroxylation sites is 1. The third-order valence-electron chi connectivity index (χ3n) is 4.22. The van der Waals surface area contributed by atoms with Gasteiger partial charge in [0.1, 0.15) is 11.5 Å². The van der Waals surface area contributed by atoms with E-state index in [2.05, 4.69) is 13.8 Å². The van der Waals surface area contributed by atoms with Crippen molar-refractivity contribution < 1.29 is 19.7 Å².